The van der Waals surface area contributed by atoms with Crippen molar-refractivity contribution in [3.63, 3.8) is 0 Å². The molecule has 0 aliphatic carbocycles. The summed E-state index contributed by atoms with van der Waals surface area (Å²) in [6.45, 7) is 7.49. The van der Waals surface area contributed by atoms with Gasteiger partial charge in [0.2, 0.25) is 0 Å². The van der Waals surface area contributed by atoms with Crippen molar-refractivity contribution >= 4 is 47.8 Å². The number of alkyl halides is 2. The van der Waals surface area contributed by atoms with Crippen molar-refractivity contribution in [2.75, 3.05) is 10.7 Å². The Morgan fingerprint density at radius 2 is 1.82 bits per heavy atom. The van der Waals surface area contributed by atoms with Gasteiger partial charge in [0, 0.05) is 17.2 Å². The monoisotopic (exact) mass is 428 g/mol. The largest absolute Gasteiger partial charge is 0.268 e. The van der Waals surface area contributed by atoms with Gasteiger partial charge in [-0.25, -0.2) is 0 Å². The highest BCUT2D eigenvalue weighted by Gasteiger charge is 2.26. The normalized spacial score (nSPS) is 12.1. The quantitative estimate of drug-likeness (QED) is 0.604. The molecule has 0 aliphatic rings. The van der Waals surface area contributed by atoms with Crippen LogP contribution in [0.15, 0.2) is 4.47 Å². The van der Waals surface area contributed by atoms with Gasteiger partial charge in [-0.3, -0.25) is 4.68 Å². The molecule has 0 unspecified atom stereocenters. The average molecular weight is 431 g/mol. The maximum absolute atomic E-state index is 4.64. The first kappa shape index (κ1) is 15.7. The number of aryl methyl sites for hydroxylation is 2. The molecule has 0 saturated heterocycles. The van der Waals surface area contributed by atoms with Crippen LogP contribution in [0.25, 0.3) is 0 Å². The first-order valence-corrected chi connectivity index (χ1v) is 8.90. The molecule has 0 atom stereocenters. The zero-order valence-corrected chi connectivity index (χ0v) is 15.3. The Hall–Kier alpha value is 0.650. The fourth-order valence-electron chi connectivity index (χ4n) is 1.72. The van der Waals surface area contributed by atoms with E-state index < -0.39 is 0 Å². The van der Waals surface area contributed by atoms with E-state index in [2.05, 4.69) is 78.3 Å². The molecule has 0 bridgehead atoms. The Morgan fingerprint density at radius 1 is 1.24 bits per heavy atom. The predicted molar refractivity (Wildman–Crippen MR) is 84.4 cm³/mol. The second kappa shape index (κ2) is 6.71. The Bertz CT molecular complexity index is 370. The number of aromatic nitrogens is 2. The lowest BCUT2D eigenvalue weighted by molar-refractivity contribution is 0.417. The summed E-state index contributed by atoms with van der Waals surface area (Å²) in [6.07, 6.45) is 1.99. The summed E-state index contributed by atoms with van der Waals surface area (Å²) in [5.74, 6) is 0. The Labute approximate surface area is 129 Å². The first-order valence-electron chi connectivity index (χ1n) is 5.87. The van der Waals surface area contributed by atoms with Crippen molar-refractivity contribution in [3.05, 3.63) is 15.9 Å². The van der Waals surface area contributed by atoms with Crippen molar-refractivity contribution in [2.24, 2.45) is 5.41 Å². The van der Waals surface area contributed by atoms with Crippen LogP contribution in [-0.4, -0.2) is 20.4 Å². The molecule has 17 heavy (non-hydrogen) atoms. The van der Waals surface area contributed by atoms with Crippen LogP contribution in [0, 0.1) is 5.41 Å². The molecule has 1 aromatic heterocycles. The molecule has 0 aromatic carbocycles. The molecule has 0 spiro atoms. The van der Waals surface area contributed by atoms with E-state index in [1.54, 1.807) is 0 Å². The van der Waals surface area contributed by atoms with Crippen LogP contribution in [0.1, 0.15) is 32.2 Å². The standard InChI is InChI=1S/C12H19Br3N2/c1-4-9-11(15)10(17(5-2)16-9)6-12(3,7-13)8-14/h4-8H2,1-3H3. The van der Waals surface area contributed by atoms with Crippen LogP contribution in [-0.2, 0) is 19.4 Å². The van der Waals surface area contributed by atoms with Gasteiger partial charge in [-0.15, -0.1) is 0 Å². The SMILES string of the molecule is CCc1nn(CC)c(CC(C)(CBr)CBr)c1Br. The van der Waals surface area contributed by atoms with E-state index in [1.807, 2.05) is 0 Å². The van der Waals surface area contributed by atoms with E-state index in [0.29, 0.717) is 0 Å². The third-order valence-corrected chi connectivity index (χ3v) is 6.56. The number of hydrogen-bond acceptors (Lipinski definition) is 1. The topological polar surface area (TPSA) is 17.8 Å². The zero-order valence-electron chi connectivity index (χ0n) is 10.6. The van der Waals surface area contributed by atoms with Crippen molar-refractivity contribution in [1.29, 1.82) is 0 Å². The van der Waals surface area contributed by atoms with Crippen LogP contribution in [0.5, 0.6) is 0 Å². The van der Waals surface area contributed by atoms with Gasteiger partial charge >= 0.3 is 0 Å². The third kappa shape index (κ3) is 3.57. The maximum atomic E-state index is 4.64. The van der Waals surface area contributed by atoms with E-state index in [0.717, 1.165) is 35.7 Å². The second-order valence-corrected chi connectivity index (χ2v) is 6.55. The van der Waals surface area contributed by atoms with Crippen LogP contribution >= 0.6 is 47.8 Å². The Morgan fingerprint density at radius 3 is 2.24 bits per heavy atom. The highest BCUT2D eigenvalue weighted by molar-refractivity contribution is 9.10. The molecule has 98 valence electrons. The highest BCUT2D eigenvalue weighted by Crippen LogP contribution is 2.32. The molecular weight excluding hydrogens is 412 g/mol. The van der Waals surface area contributed by atoms with Crippen LogP contribution in [0.3, 0.4) is 0 Å². The summed E-state index contributed by atoms with van der Waals surface area (Å²) in [5.41, 5.74) is 2.69. The van der Waals surface area contributed by atoms with Gasteiger partial charge in [0.05, 0.1) is 15.9 Å². The molecule has 0 amide bonds. The predicted octanol–water partition coefficient (Wildman–Crippen LogP) is 4.57. The molecular formula is C12H19Br3N2. The van der Waals surface area contributed by atoms with Crippen molar-refractivity contribution < 1.29 is 0 Å². The highest BCUT2D eigenvalue weighted by atomic mass is 79.9. The van der Waals surface area contributed by atoms with E-state index >= 15 is 0 Å². The van der Waals surface area contributed by atoms with Gasteiger partial charge in [-0.1, -0.05) is 45.7 Å². The minimum absolute atomic E-state index is 0.223. The van der Waals surface area contributed by atoms with E-state index in [-0.39, 0.29) is 5.41 Å². The number of rotatable bonds is 6. The van der Waals surface area contributed by atoms with Gasteiger partial charge < -0.3 is 0 Å². The van der Waals surface area contributed by atoms with Crippen LogP contribution < -0.4 is 0 Å². The van der Waals surface area contributed by atoms with E-state index in [1.165, 1.54) is 10.2 Å². The van der Waals surface area contributed by atoms with Gasteiger partial charge in [0.15, 0.2) is 0 Å². The number of halogens is 3. The Balaban J connectivity index is 3.08. The lowest BCUT2D eigenvalue weighted by Gasteiger charge is -2.25. The molecule has 0 N–H and O–H groups in total. The fourth-order valence-corrected chi connectivity index (χ4v) is 3.75. The van der Waals surface area contributed by atoms with Gasteiger partial charge in [0.1, 0.15) is 0 Å². The van der Waals surface area contributed by atoms with Crippen LogP contribution in [0.4, 0.5) is 0 Å². The number of nitrogens with zero attached hydrogens (tertiary/aromatic N) is 2. The van der Waals surface area contributed by atoms with Crippen LogP contribution in [0.2, 0.25) is 0 Å². The smallest absolute Gasteiger partial charge is 0.0766 e. The first-order chi connectivity index (χ1) is 8.01. The minimum Gasteiger partial charge on any atom is -0.268 e. The van der Waals surface area contributed by atoms with Gasteiger partial charge in [0.25, 0.3) is 0 Å². The lowest BCUT2D eigenvalue weighted by atomic mass is 9.90. The molecule has 0 aliphatic heterocycles. The summed E-state index contributed by atoms with van der Waals surface area (Å²) in [5, 5.41) is 6.60. The zero-order chi connectivity index (χ0) is 13.1. The molecule has 5 heteroatoms. The molecule has 1 heterocycles. The summed E-state index contributed by atoms with van der Waals surface area (Å²) in [6, 6.07) is 0. The molecule has 1 rings (SSSR count). The molecule has 0 saturated carbocycles. The van der Waals surface area contributed by atoms with Crippen molar-refractivity contribution in [3.8, 4) is 0 Å². The van der Waals surface area contributed by atoms with E-state index in [9.17, 15) is 0 Å². The molecule has 0 fully saturated rings. The molecule has 1 aromatic rings. The minimum atomic E-state index is 0.223. The van der Waals surface area contributed by atoms with E-state index in [4.69, 9.17) is 0 Å². The van der Waals surface area contributed by atoms with Gasteiger partial charge in [-0.2, -0.15) is 5.10 Å². The Kier molecular flexibility index (Phi) is 6.20. The third-order valence-electron chi connectivity index (χ3n) is 2.93. The average Bonchev–Trinajstić information content (AvgIpc) is 2.66. The second-order valence-electron chi connectivity index (χ2n) is 4.63. The summed E-state index contributed by atoms with van der Waals surface area (Å²) in [4.78, 5) is 0. The summed E-state index contributed by atoms with van der Waals surface area (Å²) < 4.78 is 3.31. The van der Waals surface area contributed by atoms with Crippen molar-refractivity contribution in [2.45, 2.75) is 40.2 Å². The fraction of sp³-hybridized carbons (Fsp3) is 0.750. The lowest BCUT2D eigenvalue weighted by Crippen LogP contribution is -2.25. The molecule has 0 radical (unpaired) electrons. The van der Waals surface area contributed by atoms with Crippen molar-refractivity contribution in [1.82, 2.24) is 9.78 Å². The summed E-state index contributed by atoms with van der Waals surface area (Å²) in [7, 11) is 0. The molecule has 2 nitrogen and oxygen atoms in total. The maximum Gasteiger partial charge on any atom is 0.0766 e. The summed E-state index contributed by atoms with van der Waals surface area (Å²) >= 11 is 10.9. The number of hydrogen-bond donors (Lipinski definition) is 0. The van der Waals surface area contributed by atoms with Gasteiger partial charge in [-0.05, 0) is 41.1 Å².